The number of furan rings is 1. The number of hydrogen-bond donors (Lipinski definition) is 0. The van der Waals surface area contributed by atoms with Gasteiger partial charge in [0.1, 0.15) is 11.5 Å². The second-order valence-electron chi connectivity index (χ2n) is 5.33. The zero-order valence-corrected chi connectivity index (χ0v) is 14.8. The number of carbonyl (C=O) groups is 2. The highest BCUT2D eigenvalue weighted by Crippen LogP contribution is 2.31. The van der Waals surface area contributed by atoms with Gasteiger partial charge in [0.25, 0.3) is 5.91 Å². The van der Waals surface area contributed by atoms with Crippen LogP contribution in [0.25, 0.3) is 11.3 Å². The number of thioether (sulfide) groups is 1. The van der Waals surface area contributed by atoms with Crippen LogP contribution < -0.4 is 0 Å². The molecule has 0 radical (unpaired) electrons. The molecule has 2 heterocycles. The number of esters is 1. The number of amides is 1. The fourth-order valence-electron chi connectivity index (χ4n) is 2.58. The summed E-state index contributed by atoms with van der Waals surface area (Å²) in [7, 11) is 1.33. The van der Waals surface area contributed by atoms with E-state index in [-0.39, 0.29) is 5.91 Å². The molecular weight excluding hydrogens is 350 g/mol. The molecule has 0 N–H and O–H groups in total. The van der Waals surface area contributed by atoms with E-state index in [0.717, 1.165) is 5.56 Å². The zero-order valence-electron chi connectivity index (χ0n) is 13.2. The molecule has 1 aromatic heterocycles. The third kappa shape index (κ3) is 3.16. The summed E-state index contributed by atoms with van der Waals surface area (Å²) >= 11 is 7.30. The van der Waals surface area contributed by atoms with E-state index in [1.165, 1.54) is 23.8 Å². The molecule has 0 unspecified atom stereocenters. The van der Waals surface area contributed by atoms with Crippen LogP contribution >= 0.6 is 23.4 Å². The van der Waals surface area contributed by atoms with Crippen LogP contribution in [0.4, 0.5) is 0 Å². The largest absolute Gasteiger partial charge is 0.467 e. The average molecular weight is 366 g/mol. The number of halogens is 1. The first kappa shape index (κ1) is 16.9. The molecule has 1 fully saturated rings. The minimum Gasteiger partial charge on any atom is -0.467 e. The first-order valence-electron chi connectivity index (χ1n) is 7.38. The van der Waals surface area contributed by atoms with Gasteiger partial charge >= 0.3 is 5.97 Å². The standard InChI is InChI=1S/C17H16ClNO4S/c1-10-13(9-14(23-10)11-3-5-12(18)6-4-11)15(20)19-7-8-24-16(19)17(21)22-2/h3-6,9,16H,7-8H2,1-2H3/t16-/m1/s1. The van der Waals surface area contributed by atoms with Crippen LogP contribution in [-0.2, 0) is 9.53 Å². The quantitative estimate of drug-likeness (QED) is 0.778. The predicted molar refractivity (Wildman–Crippen MR) is 93.2 cm³/mol. The van der Waals surface area contributed by atoms with Crippen LogP contribution in [0.5, 0.6) is 0 Å². The van der Waals surface area contributed by atoms with Gasteiger partial charge in [0.2, 0.25) is 0 Å². The van der Waals surface area contributed by atoms with Crippen molar-refractivity contribution >= 4 is 35.2 Å². The van der Waals surface area contributed by atoms with Gasteiger partial charge in [-0.3, -0.25) is 4.79 Å². The summed E-state index contributed by atoms with van der Waals surface area (Å²) in [5.74, 6) is 1.17. The maximum absolute atomic E-state index is 12.8. The summed E-state index contributed by atoms with van der Waals surface area (Å²) in [4.78, 5) is 26.2. The first-order valence-corrected chi connectivity index (χ1v) is 8.80. The molecule has 1 saturated heterocycles. The van der Waals surface area contributed by atoms with E-state index in [0.29, 0.717) is 34.4 Å². The Hall–Kier alpha value is -1.92. The van der Waals surface area contributed by atoms with Crippen LogP contribution in [0.1, 0.15) is 16.1 Å². The minimum atomic E-state index is -0.601. The van der Waals surface area contributed by atoms with Crippen molar-refractivity contribution in [3.63, 3.8) is 0 Å². The highest BCUT2D eigenvalue weighted by Gasteiger charge is 2.37. The van der Waals surface area contributed by atoms with E-state index in [9.17, 15) is 9.59 Å². The second-order valence-corrected chi connectivity index (χ2v) is 6.96. The molecule has 1 atom stereocenters. The summed E-state index contributed by atoms with van der Waals surface area (Å²) in [6, 6.07) is 8.90. The third-order valence-electron chi connectivity index (χ3n) is 3.83. The molecular formula is C17H16ClNO4S. The summed E-state index contributed by atoms with van der Waals surface area (Å²) in [6.07, 6.45) is 0. The number of benzene rings is 1. The number of aryl methyl sites for hydroxylation is 1. The Morgan fingerprint density at radius 2 is 2.04 bits per heavy atom. The summed E-state index contributed by atoms with van der Waals surface area (Å²) in [5.41, 5.74) is 1.29. The predicted octanol–water partition coefficient (Wildman–Crippen LogP) is 3.60. The number of nitrogens with zero attached hydrogens (tertiary/aromatic N) is 1. The van der Waals surface area contributed by atoms with Crippen LogP contribution in [0.15, 0.2) is 34.7 Å². The van der Waals surface area contributed by atoms with Crippen LogP contribution in [-0.4, -0.2) is 41.6 Å². The van der Waals surface area contributed by atoms with E-state index >= 15 is 0 Å². The molecule has 0 bridgehead atoms. The Labute approximate surface area is 148 Å². The van der Waals surface area contributed by atoms with Crippen molar-refractivity contribution in [3.05, 3.63) is 46.7 Å². The van der Waals surface area contributed by atoms with Crippen LogP contribution in [0, 0.1) is 6.92 Å². The highest BCUT2D eigenvalue weighted by molar-refractivity contribution is 8.00. The average Bonchev–Trinajstić information content (AvgIpc) is 3.21. The zero-order chi connectivity index (χ0) is 17.3. The third-order valence-corrected chi connectivity index (χ3v) is 5.26. The van der Waals surface area contributed by atoms with Crippen molar-refractivity contribution in [3.8, 4) is 11.3 Å². The number of ether oxygens (including phenoxy) is 1. The molecule has 0 aliphatic carbocycles. The van der Waals surface area contributed by atoms with Crippen molar-refractivity contribution in [2.24, 2.45) is 0 Å². The van der Waals surface area contributed by atoms with E-state index in [1.54, 1.807) is 25.1 Å². The number of hydrogen-bond acceptors (Lipinski definition) is 5. The van der Waals surface area contributed by atoms with Gasteiger partial charge in [-0.1, -0.05) is 11.6 Å². The van der Waals surface area contributed by atoms with E-state index in [1.807, 2.05) is 12.1 Å². The minimum absolute atomic E-state index is 0.225. The van der Waals surface area contributed by atoms with Gasteiger partial charge in [0.15, 0.2) is 5.37 Å². The summed E-state index contributed by atoms with van der Waals surface area (Å²) in [6.45, 7) is 2.24. The fraction of sp³-hybridized carbons (Fsp3) is 0.294. The van der Waals surface area contributed by atoms with Crippen molar-refractivity contribution < 1.29 is 18.7 Å². The van der Waals surface area contributed by atoms with Crippen molar-refractivity contribution in [1.82, 2.24) is 4.90 Å². The lowest BCUT2D eigenvalue weighted by Gasteiger charge is -2.21. The number of carbonyl (C=O) groups excluding carboxylic acids is 2. The molecule has 0 saturated carbocycles. The second kappa shape index (κ2) is 6.91. The van der Waals surface area contributed by atoms with Gasteiger partial charge in [-0.15, -0.1) is 11.8 Å². The molecule has 0 spiro atoms. The maximum Gasteiger partial charge on any atom is 0.339 e. The van der Waals surface area contributed by atoms with Gasteiger partial charge in [0, 0.05) is 22.9 Å². The SMILES string of the molecule is COC(=O)[C@H]1SCCN1C(=O)c1cc(-c2ccc(Cl)cc2)oc1C. The van der Waals surface area contributed by atoms with Gasteiger partial charge in [-0.25, -0.2) is 4.79 Å². The van der Waals surface area contributed by atoms with Crippen molar-refractivity contribution in [2.45, 2.75) is 12.3 Å². The number of rotatable bonds is 3. The molecule has 24 heavy (non-hydrogen) atoms. The molecule has 126 valence electrons. The molecule has 1 aliphatic rings. The van der Waals surface area contributed by atoms with Crippen molar-refractivity contribution in [1.29, 1.82) is 0 Å². The molecule has 2 aromatic rings. The smallest absolute Gasteiger partial charge is 0.339 e. The topological polar surface area (TPSA) is 59.8 Å². The lowest BCUT2D eigenvalue weighted by atomic mass is 10.1. The van der Waals surface area contributed by atoms with Crippen LogP contribution in [0.3, 0.4) is 0 Å². The lowest BCUT2D eigenvalue weighted by Crippen LogP contribution is -2.40. The van der Waals surface area contributed by atoms with Gasteiger partial charge in [-0.05, 0) is 37.3 Å². The molecule has 5 nitrogen and oxygen atoms in total. The van der Waals surface area contributed by atoms with Gasteiger partial charge < -0.3 is 14.1 Å². The Morgan fingerprint density at radius 1 is 1.33 bits per heavy atom. The molecule has 7 heteroatoms. The van der Waals surface area contributed by atoms with Gasteiger partial charge in [-0.2, -0.15) is 0 Å². The lowest BCUT2D eigenvalue weighted by molar-refractivity contribution is -0.142. The first-order chi connectivity index (χ1) is 11.5. The van der Waals surface area contributed by atoms with Crippen LogP contribution in [0.2, 0.25) is 5.02 Å². The molecule has 1 aromatic carbocycles. The molecule has 1 amide bonds. The summed E-state index contributed by atoms with van der Waals surface area (Å²) < 4.78 is 10.5. The van der Waals surface area contributed by atoms with E-state index < -0.39 is 11.3 Å². The molecule has 3 rings (SSSR count). The summed E-state index contributed by atoms with van der Waals surface area (Å²) in [5, 5.41) is 0.0316. The highest BCUT2D eigenvalue weighted by atomic mass is 35.5. The Balaban J connectivity index is 1.88. The maximum atomic E-state index is 12.8. The van der Waals surface area contributed by atoms with E-state index in [4.69, 9.17) is 20.8 Å². The monoisotopic (exact) mass is 365 g/mol. The van der Waals surface area contributed by atoms with Crippen molar-refractivity contribution in [2.75, 3.05) is 19.4 Å². The number of methoxy groups -OCH3 is 1. The fourth-order valence-corrected chi connectivity index (χ4v) is 3.84. The van der Waals surface area contributed by atoms with Gasteiger partial charge in [0.05, 0.1) is 12.7 Å². The molecule has 1 aliphatic heterocycles. The Kier molecular flexibility index (Phi) is 4.87. The van der Waals surface area contributed by atoms with E-state index in [2.05, 4.69) is 0 Å². The normalized spacial score (nSPS) is 17.1. The Bertz CT molecular complexity index is 771. The Morgan fingerprint density at radius 3 is 2.71 bits per heavy atom.